The summed E-state index contributed by atoms with van der Waals surface area (Å²) in [5, 5.41) is 1.24. The van der Waals surface area contributed by atoms with Crippen molar-refractivity contribution < 1.29 is 0 Å². The van der Waals surface area contributed by atoms with Crippen LogP contribution in [-0.4, -0.2) is 4.98 Å². The molecule has 0 aliphatic rings. The van der Waals surface area contributed by atoms with Gasteiger partial charge in [-0.1, -0.05) is 25.1 Å². The highest BCUT2D eigenvalue weighted by molar-refractivity contribution is 7.18. The molecule has 1 aromatic carbocycles. The van der Waals surface area contributed by atoms with Gasteiger partial charge in [0.15, 0.2) is 0 Å². The van der Waals surface area contributed by atoms with Crippen LogP contribution >= 0.6 is 11.3 Å². The molecule has 0 atom stereocenters. The van der Waals surface area contributed by atoms with Crippen LogP contribution in [0.5, 0.6) is 0 Å². The molecule has 0 amide bonds. The number of thiazole rings is 1. The molecule has 1 aromatic heterocycles. The molecule has 0 bridgehead atoms. The minimum Gasteiger partial charge on any atom is -0.241 e. The Hall–Kier alpha value is -1.15. The monoisotopic (exact) mass is 216 g/mol. The molecule has 0 aliphatic heterocycles. The van der Waals surface area contributed by atoms with E-state index in [1.54, 1.807) is 11.3 Å². The fourth-order valence-corrected chi connectivity index (χ4v) is 2.67. The van der Waals surface area contributed by atoms with Crippen molar-refractivity contribution in [1.82, 2.24) is 4.98 Å². The lowest BCUT2D eigenvalue weighted by molar-refractivity contribution is 0.913. The molecule has 77 valence electrons. The molecule has 1 nitrogen and oxygen atoms in total. The van der Waals surface area contributed by atoms with Gasteiger partial charge in [0.25, 0.3) is 0 Å². The first kappa shape index (κ1) is 10.4. The van der Waals surface area contributed by atoms with Crippen LogP contribution in [0.2, 0.25) is 0 Å². The van der Waals surface area contributed by atoms with E-state index in [0.717, 1.165) is 18.4 Å². The van der Waals surface area contributed by atoms with E-state index in [-0.39, 0.29) is 0 Å². The average Bonchev–Trinajstić information content (AvgIpc) is 2.60. The van der Waals surface area contributed by atoms with Crippen LogP contribution in [0.3, 0.4) is 0 Å². The summed E-state index contributed by atoms with van der Waals surface area (Å²) in [7, 11) is 0. The van der Waals surface area contributed by atoms with E-state index in [1.165, 1.54) is 15.3 Å². The summed E-state index contributed by atoms with van der Waals surface area (Å²) >= 11 is 1.80. The second kappa shape index (κ2) is 4.58. The molecule has 0 aliphatic carbocycles. The maximum absolute atomic E-state index is 4.58. The molecule has 0 spiro atoms. The van der Waals surface area contributed by atoms with Crippen molar-refractivity contribution in [3.05, 3.63) is 41.8 Å². The second-order valence-electron chi connectivity index (χ2n) is 3.49. The number of hydrogen-bond acceptors (Lipinski definition) is 2. The quantitative estimate of drug-likeness (QED) is 0.753. The summed E-state index contributed by atoms with van der Waals surface area (Å²) < 4.78 is 1.27. The maximum atomic E-state index is 4.58. The third kappa shape index (κ3) is 2.26. The summed E-state index contributed by atoms with van der Waals surface area (Å²) in [6.07, 6.45) is 6.07. The van der Waals surface area contributed by atoms with E-state index >= 15 is 0 Å². The lowest BCUT2D eigenvalue weighted by Crippen LogP contribution is -1.78. The molecule has 1 radical (unpaired) electrons. The summed E-state index contributed by atoms with van der Waals surface area (Å²) in [5.74, 6) is 0. The summed E-state index contributed by atoms with van der Waals surface area (Å²) in [6, 6.07) is 6.34. The number of benzene rings is 1. The van der Waals surface area contributed by atoms with E-state index in [9.17, 15) is 0 Å². The van der Waals surface area contributed by atoms with Crippen LogP contribution in [0.1, 0.15) is 23.9 Å². The molecule has 0 saturated carbocycles. The maximum Gasteiger partial charge on any atom is 0.0938 e. The van der Waals surface area contributed by atoms with Crippen LogP contribution in [0, 0.1) is 6.92 Å². The standard InChI is InChI=1S/C13H14NS/c1-3-5-10-7-8-11-12(9-10)15-13(14-11)6-4-2/h3,5,7-9H,1,4,6H2,2H3/b5-3+. The highest BCUT2D eigenvalue weighted by atomic mass is 32.1. The van der Waals surface area contributed by atoms with Gasteiger partial charge < -0.3 is 0 Å². The Bertz CT molecular complexity index is 482. The summed E-state index contributed by atoms with van der Waals surface area (Å²) in [5.41, 5.74) is 2.31. The Labute approximate surface area is 94.5 Å². The van der Waals surface area contributed by atoms with Crippen LogP contribution < -0.4 is 0 Å². The minimum absolute atomic E-state index is 1.08. The normalized spacial score (nSPS) is 11.6. The van der Waals surface area contributed by atoms with Gasteiger partial charge in [0.1, 0.15) is 0 Å². The van der Waals surface area contributed by atoms with Gasteiger partial charge in [0.2, 0.25) is 0 Å². The SMILES string of the molecule is [CH2]/C=C/c1ccc2nc(CCC)sc2c1. The van der Waals surface area contributed by atoms with Gasteiger partial charge in [0, 0.05) is 0 Å². The Kier molecular flexibility index (Phi) is 3.17. The summed E-state index contributed by atoms with van der Waals surface area (Å²) in [4.78, 5) is 4.58. The van der Waals surface area contributed by atoms with E-state index in [0.29, 0.717) is 0 Å². The molecule has 15 heavy (non-hydrogen) atoms. The van der Waals surface area contributed by atoms with Crippen molar-refractivity contribution in [3.8, 4) is 0 Å². The van der Waals surface area contributed by atoms with Crippen molar-refractivity contribution in [2.24, 2.45) is 0 Å². The number of aromatic nitrogens is 1. The molecule has 0 N–H and O–H groups in total. The number of aryl methyl sites for hydroxylation is 1. The van der Waals surface area contributed by atoms with E-state index in [2.05, 4.69) is 37.0 Å². The highest BCUT2D eigenvalue weighted by Crippen LogP contribution is 2.24. The van der Waals surface area contributed by atoms with Gasteiger partial charge in [0.05, 0.1) is 15.2 Å². The fourth-order valence-electron chi connectivity index (χ4n) is 1.55. The molecule has 0 unspecified atom stereocenters. The fraction of sp³-hybridized carbons (Fsp3) is 0.231. The van der Waals surface area contributed by atoms with Gasteiger partial charge in [-0.05, 0) is 37.5 Å². The van der Waals surface area contributed by atoms with Gasteiger partial charge in [-0.15, -0.1) is 11.3 Å². The highest BCUT2D eigenvalue weighted by Gasteiger charge is 2.02. The first-order valence-electron chi connectivity index (χ1n) is 5.18. The Morgan fingerprint density at radius 3 is 3.07 bits per heavy atom. The van der Waals surface area contributed by atoms with Crippen LogP contribution in [-0.2, 0) is 6.42 Å². The number of hydrogen-bond donors (Lipinski definition) is 0. The van der Waals surface area contributed by atoms with Gasteiger partial charge in [-0.2, -0.15) is 0 Å². The molecular formula is C13H14NS. The van der Waals surface area contributed by atoms with Crippen molar-refractivity contribution in [2.75, 3.05) is 0 Å². The van der Waals surface area contributed by atoms with E-state index in [1.807, 2.05) is 12.2 Å². The number of allylic oxidation sites excluding steroid dienone is 1. The van der Waals surface area contributed by atoms with Gasteiger partial charge in [-0.3, -0.25) is 0 Å². The molecule has 0 fully saturated rings. The van der Waals surface area contributed by atoms with Crippen LogP contribution in [0.4, 0.5) is 0 Å². The molecule has 0 saturated heterocycles. The molecular weight excluding hydrogens is 202 g/mol. The Morgan fingerprint density at radius 2 is 2.33 bits per heavy atom. The van der Waals surface area contributed by atoms with Crippen molar-refractivity contribution in [2.45, 2.75) is 19.8 Å². The Balaban J connectivity index is 2.42. The largest absolute Gasteiger partial charge is 0.241 e. The third-order valence-electron chi connectivity index (χ3n) is 2.23. The van der Waals surface area contributed by atoms with Crippen molar-refractivity contribution in [3.63, 3.8) is 0 Å². The average molecular weight is 216 g/mol. The van der Waals surface area contributed by atoms with Gasteiger partial charge in [-0.25, -0.2) is 4.98 Å². The number of rotatable bonds is 3. The van der Waals surface area contributed by atoms with Crippen LogP contribution in [0.15, 0.2) is 24.3 Å². The van der Waals surface area contributed by atoms with Crippen molar-refractivity contribution >= 4 is 27.6 Å². The van der Waals surface area contributed by atoms with E-state index < -0.39 is 0 Å². The van der Waals surface area contributed by atoms with Crippen LogP contribution in [0.25, 0.3) is 16.3 Å². The first-order valence-corrected chi connectivity index (χ1v) is 6.00. The zero-order valence-electron chi connectivity index (χ0n) is 8.86. The Morgan fingerprint density at radius 1 is 1.47 bits per heavy atom. The van der Waals surface area contributed by atoms with Gasteiger partial charge >= 0.3 is 0 Å². The summed E-state index contributed by atoms with van der Waals surface area (Å²) in [6.45, 7) is 5.89. The predicted octanol–water partition coefficient (Wildman–Crippen LogP) is 4.10. The predicted molar refractivity (Wildman–Crippen MR) is 68.0 cm³/mol. The number of fused-ring (bicyclic) bond motifs is 1. The van der Waals surface area contributed by atoms with E-state index in [4.69, 9.17) is 0 Å². The molecule has 1 heterocycles. The first-order chi connectivity index (χ1) is 7.33. The zero-order chi connectivity index (χ0) is 10.7. The zero-order valence-corrected chi connectivity index (χ0v) is 9.68. The smallest absolute Gasteiger partial charge is 0.0938 e. The molecule has 2 aromatic rings. The minimum atomic E-state index is 1.08. The lowest BCUT2D eigenvalue weighted by atomic mass is 10.2. The second-order valence-corrected chi connectivity index (χ2v) is 4.60. The topological polar surface area (TPSA) is 12.9 Å². The molecule has 2 heteroatoms. The lowest BCUT2D eigenvalue weighted by Gasteiger charge is -1.91. The third-order valence-corrected chi connectivity index (χ3v) is 3.31. The van der Waals surface area contributed by atoms with Crippen molar-refractivity contribution in [1.29, 1.82) is 0 Å². The molecule has 2 rings (SSSR count). The number of nitrogens with zero attached hydrogens (tertiary/aromatic N) is 1.